The Kier molecular flexibility index (Phi) is 6.79. The Morgan fingerprint density at radius 3 is 2.47 bits per heavy atom. The molecule has 10 heteroatoms. The van der Waals surface area contributed by atoms with Gasteiger partial charge in [-0.25, -0.2) is 14.2 Å². The lowest BCUT2D eigenvalue weighted by Gasteiger charge is -2.12. The van der Waals surface area contributed by atoms with Crippen molar-refractivity contribution in [2.24, 2.45) is 11.5 Å². The van der Waals surface area contributed by atoms with Gasteiger partial charge >= 0.3 is 6.03 Å². The minimum atomic E-state index is -0.766. The third-order valence-electron chi connectivity index (χ3n) is 5.34. The fourth-order valence-electron chi connectivity index (χ4n) is 3.68. The van der Waals surface area contributed by atoms with E-state index in [4.69, 9.17) is 11.5 Å². The highest BCUT2D eigenvalue weighted by atomic mass is 19.1. The number of benzene rings is 1. The maximum Gasteiger partial charge on any atom is 0.312 e. The lowest BCUT2D eigenvalue weighted by atomic mass is 10.00. The largest absolute Gasteiger partial charge is 0.352 e. The summed E-state index contributed by atoms with van der Waals surface area (Å²) in [6, 6.07) is 12.1. The van der Waals surface area contributed by atoms with E-state index in [0.29, 0.717) is 30.9 Å². The van der Waals surface area contributed by atoms with Crippen LogP contribution in [0.25, 0.3) is 33.4 Å². The highest BCUT2D eigenvalue weighted by Gasteiger charge is 2.18. The van der Waals surface area contributed by atoms with Crippen LogP contribution in [0, 0.1) is 5.82 Å². The fraction of sp³-hybridized carbons (Fsp3) is 0.167. The second-order valence-electron chi connectivity index (χ2n) is 7.74. The smallest absolute Gasteiger partial charge is 0.312 e. The SMILES string of the molecule is NC(=O)NCCCC(N)C(=O)Nc1ccc2c(-c3ccncc3)c(-c3ccc(F)cc3)[nH]c2n1. The number of fused-ring (bicyclic) bond motifs is 1. The van der Waals surface area contributed by atoms with E-state index in [1.54, 1.807) is 30.6 Å². The number of amides is 3. The highest BCUT2D eigenvalue weighted by Crippen LogP contribution is 2.38. The van der Waals surface area contributed by atoms with Gasteiger partial charge in [-0.2, -0.15) is 0 Å². The predicted octanol–water partition coefficient (Wildman–Crippen LogP) is 3.15. The third-order valence-corrected chi connectivity index (χ3v) is 5.34. The zero-order valence-electron chi connectivity index (χ0n) is 18.2. The van der Waals surface area contributed by atoms with Gasteiger partial charge in [0.05, 0.1) is 11.7 Å². The van der Waals surface area contributed by atoms with E-state index in [9.17, 15) is 14.0 Å². The van der Waals surface area contributed by atoms with E-state index in [1.165, 1.54) is 12.1 Å². The van der Waals surface area contributed by atoms with Gasteiger partial charge in [0.15, 0.2) is 0 Å². The summed E-state index contributed by atoms with van der Waals surface area (Å²) in [6.07, 6.45) is 4.28. The maximum absolute atomic E-state index is 13.5. The highest BCUT2D eigenvalue weighted by molar-refractivity contribution is 6.03. The monoisotopic (exact) mass is 461 g/mol. The molecule has 3 aromatic heterocycles. The Balaban J connectivity index is 1.61. The molecule has 1 unspecified atom stereocenters. The summed E-state index contributed by atoms with van der Waals surface area (Å²) in [5, 5.41) is 6.03. The van der Waals surface area contributed by atoms with Gasteiger partial charge in [-0.05, 0) is 72.5 Å². The second kappa shape index (κ2) is 10.1. The minimum Gasteiger partial charge on any atom is -0.352 e. The first-order valence-corrected chi connectivity index (χ1v) is 10.7. The van der Waals surface area contributed by atoms with Gasteiger partial charge in [0.25, 0.3) is 0 Å². The molecule has 0 saturated carbocycles. The number of nitrogens with two attached hydrogens (primary N) is 2. The number of H-pyrrole nitrogens is 1. The number of hydrogen-bond donors (Lipinski definition) is 5. The number of anilines is 1. The molecular formula is C24H24FN7O2. The summed E-state index contributed by atoms with van der Waals surface area (Å²) >= 11 is 0. The summed E-state index contributed by atoms with van der Waals surface area (Å²) in [5.41, 5.74) is 14.9. The molecule has 0 spiro atoms. The number of nitrogens with one attached hydrogen (secondary N) is 3. The van der Waals surface area contributed by atoms with Gasteiger partial charge in [0, 0.05) is 29.9 Å². The summed E-state index contributed by atoms with van der Waals surface area (Å²) < 4.78 is 13.5. The molecule has 4 rings (SSSR count). The lowest BCUT2D eigenvalue weighted by Crippen LogP contribution is -2.37. The number of aromatic amines is 1. The molecule has 0 aliphatic rings. The van der Waals surface area contributed by atoms with Crippen LogP contribution in [0.15, 0.2) is 60.9 Å². The fourth-order valence-corrected chi connectivity index (χ4v) is 3.68. The second-order valence-corrected chi connectivity index (χ2v) is 7.74. The molecule has 0 fully saturated rings. The van der Waals surface area contributed by atoms with Crippen LogP contribution < -0.4 is 22.1 Å². The molecule has 0 aliphatic carbocycles. The number of primary amides is 1. The molecule has 7 N–H and O–H groups in total. The van der Waals surface area contributed by atoms with E-state index < -0.39 is 12.1 Å². The van der Waals surface area contributed by atoms with Crippen molar-refractivity contribution in [1.29, 1.82) is 0 Å². The molecule has 1 atom stereocenters. The quantitative estimate of drug-likeness (QED) is 0.255. The molecule has 174 valence electrons. The summed E-state index contributed by atoms with van der Waals surface area (Å²) in [6.45, 7) is 0.340. The van der Waals surface area contributed by atoms with Crippen molar-refractivity contribution in [2.45, 2.75) is 18.9 Å². The number of halogens is 1. The number of nitrogens with zero attached hydrogens (tertiary/aromatic N) is 2. The first-order valence-electron chi connectivity index (χ1n) is 10.7. The molecule has 4 aromatic rings. The van der Waals surface area contributed by atoms with Crippen LogP contribution in [0.1, 0.15) is 12.8 Å². The molecule has 3 heterocycles. The zero-order valence-corrected chi connectivity index (χ0v) is 18.2. The Hall–Kier alpha value is -4.31. The Bertz CT molecular complexity index is 1310. The minimum absolute atomic E-state index is 0.324. The number of hydrogen-bond acceptors (Lipinski definition) is 5. The normalized spacial score (nSPS) is 11.8. The lowest BCUT2D eigenvalue weighted by molar-refractivity contribution is -0.117. The topological polar surface area (TPSA) is 152 Å². The molecule has 3 amide bonds. The molecule has 0 radical (unpaired) electrons. The Morgan fingerprint density at radius 2 is 1.76 bits per heavy atom. The van der Waals surface area contributed by atoms with Crippen molar-refractivity contribution in [2.75, 3.05) is 11.9 Å². The summed E-state index contributed by atoms with van der Waals surface area (Å²) in [4.78, 5) is 35.2. The number of aromatic nitrogens is 3. The van der Waals surface area contributed by atoms with Crippen LogP contribution in [0.5, 0.6) is 0 Å². The van der Waals surface area contributed by atoms with Gasteiger partial charge in [-0.15, -0.1) is 0 Å². The van der Waals surface area contributed by atoms with Crippen molar-refractivity contribution in [3.63, 3.8) is 0 Å². The average Bonchev–Trinajstić information content (AvgIpc) is 3.21. The third kappa shape index (κ3) is 5.18. The molecule has 0 aliphatic heterocycles. The van der Waals surface area contributed by atoms with Crippen LogP contribution in [-0.2, 0) is 4.79 Å². The first-order chi connectivity index (χ1) is 16.4. The van der Waals surface area contributed by atoms with Crippen LogP contribution >= 0.6 is 0 Å². The van der Waals surface area contributed by atoms with Gasteiger partial charge in [0.2, 0.25) is 5.91 Å². The number of carbonyl (C=O) groups is 2. The molecule has 1 aromatic carbocycles. The number of carbonyl (C=O) groups excluding carboxylic acids is 2. The molecule has 9 nitrogen and oxygen atoms in total. The van der Waals surface area contributed by atoms with Gasteiger partial charge in [-0.1, -0.05) is 0 Å². The number of urea groups is 1. The molecular weight excluding hydrogens is 437 g/mol. The van der Waals surface area contributed by atoms with E-state index in [-0.39, 0.29) is 11.7 Å². The Morgan fingerprint density at radius 1 is 1.03 bits per heavy atom. The van der Waals surface area contributed by atoms with E-state index in [0.717, 1.165) is 27.8 Å². The van der Waals surface area contributed by atoms with Crippen molar-refractivity contribution >= 4 is 28.8 Å². The van der Waals surface area contributed by atoms with Crippen molar-refractivity contribution in [1.82, 2.24) is 20.3 Å². The van der Waals surface area contributed by atoms with Crippen molar-refractivity contribution < 1.29 is 14.0 Å². The summed E-state index contributed by atoms with van der Waals surface area (Å²) in [5.74, 6) is -0.364. The number of pyridine rings is 2. The average molecular weight is 462 g/mol. The van der Waals surface area contributed by atoms with E-state index >= 15 is 0 Å². The van der Waals surface area contributed by atoms with Gasteiger partial charge < -0.3 is 27.1 Å². The standard InChI is InChI=1S/C24H24FN7O2/c25-16-5-3-15(4-6-16)21-20(14-9-12-28-13-10-14)17-7-8-19(30-22(17)32-21)31-23(33)18(26)2-1-11-29-24(27)34/h3-10,12-13,18H,1-2,11,26H2,(H3,27,29,34)(H2,30,31,32,33). The van der Waals surface area contributed by atoms with Crippen LogP contribution in [0.3, 0.4) is 0 Å². The maximum atomic E-state index is 13.5. The number of rotatable bonds is 8. The van der Waals surface area contributed by atoms with Crippen LogP contribution in [0.2, 0.25) is 0 Å². The summed E-state index contributed by atoms with van der Waals surface area (Å²) in [7, 11) is 0. The predicted molar refractivity (Wildman–Crippen MR) is 128 cm³/mol. The van der Waals surface area contributed by atoms with Crippen molar-refractivity contribution in [3.8, 4) is 22.4 Å². The van der Waals surface area contributed by atoms with Crippen LogP contribution in [0.4, 0.5) is 15.0 Å². The van der Waals surface area contributed by atoms with Crippen molar-refractivity contribution in [3.05, 3.63) is 66.7 Å². The molecule has 0 bridgehead atoms. The first kappa shape index (κ1) is 22.9. The Labute approximate surface area is 194 Å². The molecule has 0 saturated heterocycles. The zero-order chi connectivity index (χ0) is 24.1. The van der Waals surface area contributed by atoms with E-state index in [2.05, 4.69) is 25.6 Å². The van der Waals surface area contributed by atoms with Crippen LogP contribution in [-0.4, -0.2) is 39.5 Å². The van der Waals surface area contributed by atoms with Gasteiger partial charge in [0.1, 0.15) is 17.3 Å². The van der Waals surface area contributed by atoms with E-state index in [1.807, 2.05) is 18.2 Å². The molecule has 34 heavy (non-hydrogen) atoms. The van der Waals surface area contributed by atoms with Gasteiger partial charge in [-0.3, -0.25) is 9.78 Å².